The summed E-state index contributed by atoms with van der Waals surface area (Å²) in [4.78, 5) is 11.5. The van der Waals surface area contributed by atoms with E-state index < -0.39 is 11.5 Å². The fourth-order valence-corrected chi connectivity index (χ4v) is 1.79. The second kappa shape index (κ2) is 7.70. The summed E-state index contributed by atoms with van der Waals surface area (Å²) >= 11 is 0. The number of nitrogens with zero attached hydrogens (tertiary/aromatic N) is 1. The van der Waals surface area contributed by atoms with E-state index in [9.17, 15) is 14.3 Å². The number of amides is 1. The lowest BCUT2D eigenvalue weighted by Gasteiger charge is -2.13. The quantitative estimate of drug-likeness (QED) is 0.632. The molecule has 0 unspecified atom stereocenters. The molecule has 0 heterocycles. The van der Waals surface area contributed by atoms with Gasteiger partial charge in [0.15, 0.2) is 0 Å². The molecule has 24 heavy (non-hydrogen) atoms. The van der Waals surface area contributed by atoms with Crippen LogP contribution in [-0.2, 0) is 11.4 Å². The molecule has 2 aromatic rings. The summed E-state index contributed by atoms with van der Waals surface area (Å²) in [5.41, 5.74) is 1.79. The molecule has 0 aliphatic carbocycles. The average molecular weight is 330 g/mol. The third-order valence-corrected chi connectivity index (χ3v) is 3.19. The van der Waals surface area contributed by atoms with Crippen LogP contribution in [0.15, 0.2) is 53.6 Å². The third-order valence-electron chi connectivity index (χ3n) is 3.19. The predicted molar refractivity (Wildman–Crippen MR) is 89.2 cm³/mol. The van der Waals surface area contributed by atoms with Crippen LogP contribution >= 0.6 is 0 Å². The zero-order valence-electron chi connectivity index (χ0n) is 13.5. The molecule has 2 aromatic carbocycles. The van der Waals surface area contributed by atoms with Gasteiger partial charge in [0.1, 0.15) is 23.8 Å². The Kier molecular flexibility index (Phi) is 5.65. The minimum absolute atomic E-state index is 0.0769. The van der Waals surface area contributed by atoms with Gasteiger partial charge in [-0.3, -0.25) is 4.79 Å². The summed E-state index contributed by atoms with van der Waals surface area (Å²) in [6.07, 6.45) is 1.40. The van der Waals surface area contributed by atoms with Crippen molar-refractivity contribution in [2.75, 3.05) is 0 Å². The molecule has 0 aliphatic rings. The molecular weight excluding hydrogens is 311 g/mol. The van der Waals surface area contributed by atoms with Gasteiger partial charge in [-0.25, -0.2) is 9.82 Å². The van der Waals surface area contributed by atoms with E-state index in [2.05, 4.69) is 10.5 Å². The number of carbonyl (C=O) groups excluding carboxylic acids is 1. The largest absolute Gasteiger partial charge is 0.488 e. The molecule has 1 amide bonds. The smallest absolute Gasteiger partial charge is 0.271 e. The maximum atomic E-state index is 13.6. The molecule has 2 N–H and O–H groups in total. The molecule has 0 spiro atoms. The van der Waals surface area contributed by atoms with Crippen molar-refractivity contribution in [1.82, 2.24) is 5.43 Å². The normalized spacial score (nSPS) is 11.5. The first-order valence-electron chi connectivity index (χ1n) is 7.39. The molecule has 2 rings (SSSR count). The second-order valence-corrected chi connectivity index (χ2v) is 5.68. The van der Waals surface area contributed by atoms with Crippen LogP contribution < -0.4 is 10.2 Å². The molecular formula is C18H19FN2O3. The van der Waals surface area contributed by atoms with E-state index in [-0.39, 0.29) is 12.4 Å². The summed E-state index contributed by atoms with van der Waals surface area (Å²) < 4.78 is 19.3. The number of halogens is 1. The number of hydrazone groups is 1. The van der Waals surface area contributed by atoms with Crippen LogP contribution in [0.1, 0.15) is 25.0 Å². The Bertz CT molecular complexity index is 739. The molecule has 0 radical (unpaired) electrons. The predicted octanol–water partition coefficient (Wildman–Crippen LogP) is 2.63. The Morgan fingerprint density at radius 3 is 2.62 bits per heavy atom. The average Bonchev–Trinajstić information content (AvgIpc) is 2.54. The highest BCUT2D eigenvalue weighted by atomic mass is 19.1. The summed E-state index contributed by atoms with van der Waals surface area (Å²) in [6, 6.07) is 13.4. The van der Waals surface area contributed by atoms with Gasteiger partial charge >= 0.3 is 0 Å². The maximum absolute atomic E-state index is 13.6. The summed E-state index contributed by atoms with van der Waals surface area (Å²) in [7, 11) is 0. The lowest BCUT2D eigenvalue weighted by atomic mass is 10.1. The third kappa shape index (κ3) is 4.89. The van der Waals surface area contributed by atoms with E-state index in [1.54, 1.807) is 42.5 Å². The van der Waals surface area contributed by atoms with Gasteiger partial charge < -0.3 is 9.84 Å². The van der Waals surface area contributed by atoms with Gasteiger partial charge in [0.05, 0.1) is 6.21 Å². The molecule has 0 atom stereocenters. The van der Waals surface area contributed by atoms with Gasteiger partial charge in [0.2, 0.25) is 0 Å². The fraction of sp³-hybridized carbons (Fsp3) is 0.222. The van der Waals surface area contributed by atoms with Gasteiger partial charge in [-0.2, -0.15) is 5.10 Å². The van der Waals surface area contributed by atoms with Gasteiger partial charge in [-0.1, -0.05) is 30.3 Å². The number of rotatable bonds is 6. The molecule has 0 bridgehead atoms. The number of nitrogens with one attached hydrogen (secondary N) is 1. The van der Waals surface area contributed by atoms with Crippen molar-refractivity contribution in [3.63, 3.8) is 0 Å². The van der Waals surface area contributed by atoms with Crippen molar-refractivity contribution in [2.45, 2.75) is 26.1 Å². The van der Waals surface area contributed by atoms with Crippen molar-refractivity contribution in [2.24, 2.45) is 5.10 Å². The van der Waals surface area contributed by atoms with Crippen LogP contribution in [-0.4, -0.2) is 22.8 Å². The lowest BCUT2D eigenvalue weighted by molar-refractivity contribution is -0.136. The van der Waals surface area contributed by atoms with Gasteiger partial charge in [-0.05, 0) is 32.0 Å². The minimum atomic E-state index is -1.52. The molecule has 0 saturated heterocycles. The Morgan fingerprint density at radius 1 is 1.25 bits per heavy atom. The Morgan fingerprint density at radius 2 is 1.92 bits per heavy atom. The van der Waals surface area contributed by atoms with Gasteiger partial charge in [-0.15, -0.1) is 0 Å². The van der Waals surface area contributed by atoms with Gasteiger partial charge in [0.25, 0.3) is 5.91 Å². The second-order valence-electron chi connectivity index (χ2n) is 5.68. The van der Waals surface area contributed by atoms with Gasteiger partial charge in [0, 0.05) is 11.1 Å². The first-order chi connectivity index (χ1) is 11.4. The van der Waals surface area contributed by atoms with Crippen molar-refractivity contribution in [1.29, 1.82) is 0 Å². The molecule has 0 aliphatic heterocycles. The molecule has 0 aromatic heterocycles. The van der Waals surface area contributed by atoms with Crippen molar-refractivity contribution in [3.05, 3.63) is 65.5 Å². The molecule has 0 fully saturated rings. The Balaban J connectivity index is 2.05. The van der Waals surface area contributed by atoms with Crippen molar-refractivity contribution < 1.29 is 19.0 Å². The van der Waals surface area contributed by atoms with Crippen LogP contribution in [0.4, 0.5) is 4.39 Å². The standard InChI is InChI=1S/C18H19FN2O3/c1-18(2,23)17(22)21-20-11-13-7-4-6-10-16(13)24-12-14-8-3-5-9-15(14)19/h3-11,23H,12H2,1-2H3,(H,21,22). The van der Waals surface area contributed by atoms with Crippen molar-refractivity contribution in [3.8, 4) is 5.75 Å². The minimum Gasteiger partial charge on any atom is -0.488 e. The highest BCUT2D eigenvalue weighted by Crippen LogP contribution is 2.18. The number of hydrogen-bond donors (Lipinski definition) is 2. The number of benzene rings is 2. The number of para-hydroxylation sites is 1. The van der Waals surface area contributed by atoms with E-state index in [1.165, 1.54) is 26.1 Å². The number of hydrogen-bond acceptors (Lipinski definition) is 4. The Hall–Kier alpha value is -2.73. The van der Waals surface area contributed by atoms with E-state index in [1.807, 2.05) is 0 Å². The molecule has 0 saturated carbocycles. The fourth-order valence-electron chi connectivity index (χ4n) is 1.79. The van der Waals surface area contributed by atoms with Crippen molar-refractivity contribution >= 4 is 12.1 Å². The zero-order valence-corrected chi connectivity index (χ0v) is 13.5. The highest BCUT2D eigenvalue weighted by Gasteiger charge is 2.22. The van der Waals surface area contributed by atoms with E-state index in [0.717, 1.165) is 0 Å². The van der Waals surface area contributed by atoms with Crippen LogP contribution in [0.2, 0.25) is 0 Å². The number of carbonyl (C=O) groups is 1. The van der Waals surface area contributed by atoms with Crippen LogP contribution in [0, 0.1) is 5.82 Å². The topological polar surface area (TPSA) is 70.9 Å². The van der Waals surface area contributed by atoms with Crippen LogP contribution in [0.3, 0.4) is 0 Å². The molecule has 126 valence electrons. The number of aliphatic hydroxyl groups is 1. The van der Waals surface area contributed by atoms with E-state index >= 15 is 0 Å². The first kappa shape index (κ1) is 17.6. The maximum Gasteiger partial charge on any atom is 0.271 e. The highest BCUT2D eigenvalue weighted by molar-refractivity contribution is 5.87. The van der Waals surface area contributed by atoms with Crippen LogP contribution in [0.25, 0.3) is 0 Å². The number of ether oxygens (including phenoxy) is 1. The Labute approximate surface area is 139 Å². The lowest BCUT2D eigenvalue weighted by Crippen LogP contribution is -2.39. The summed E-state index contributed by atoms with van der Waals surface area (Å²) in [6.45, 7) is 2.81. The molecule has 6 heteroatoms. The summed E-state index contributed by atoms with van der Waals surface area (Å²) in [5.74, 6) is -0.452. The zero-order chi connectivity index (χ0) is 17.6. The SMILES string of the molecule is CC(C)(O)C(=O)NN=Cc1ccccc1OCc1ccccc1F. The van der Waals surface area contributed by atoms with E-state index in [4.69, 9.17) is 4.74 Å². The van der Waals surface area contributed by atoms with Crippen LogP contribution in [0.5, 0.6) is 5.75 Å². The van der Waals surface area contributed by atoms with E-state index in [0.29, 0.717) is 16.9 Å². The first-order valence-corrected chi connectivity index (χ1v) is 7.39. The molecule has 5 nitrogen and oxygen atoms in total. The summed E-state index contributed by atoms with van der Waals surface area (Å²) in [5, 5.41) is 13.3. The monoisotopic (exact) mass is 330 g/mol.